The second kappa shape index (κ2) is 6.02. The van der Waals surface area contributed by atoms with Gasteiger partial charge in [0.25, 0.3) is 0 Å². The third-order valence-corrected chi connectivity index (χ3v) is 4.40. The molecule has 0 radical (unpaired) electrons. The molecule has 0 aliphatic carbocycles. The first-order chi connectivity index (χ1) is 9.04. The van der Waals surface area contributed by atoms with E-state index < -0.39 is 0 Å². The van der Waals surface area contributed by atoms with Gasteiger partial charge in [-0.05, 0) is 39.3 Å². The van der Waals surface area contributed by atoms with Crippen LogP contribution in [0.1, 0.15) is 39.2 Å². The van der Waals surface area contributed by atoms with E-state index >= 15 is 0 Å². The topological polar surface area (TPSA) is 15.3 Å². The number of hydrogen-bond acceptors (Lipinski definition) is 2. The zero-order valence-electron chi connectivity index (χ0n) is 12.2. The predicted molar refractivity (Wildman–Crippen MR) is 77.6 cm³/mol. The van der Waals surface area contributed by atoms with E-state index in [0.29, 0.717) is 12.6 Å². The first kappa shape index (κ1) is 14.5. The molecule has 1 aliphatic heterocycles. The van der Waals surface area contributed by atoms with Crippen LogP contribution in [0.2, 0.25) is 0 Å². The number of nitrogens with zero attached hydrogens (tertiary/aromatic N) is 1. The predicted octanol–water partition coefficient (Wildman–Crippen LogP) is 3.18. The smallest absolute Gasteiger partial charge is 0.127 e. The minimum atomic E-state index is -0.0925. The van der Waals surface area contributed by atoms with Gasteiger partial charge in [-0.25, -0.2) is 4.39 Å². The van der Waals surface area contributed by atoms with E-state index in [0.717, 1.165) is 31.5 Å². The van der Waals surface area contributed by atoms with Crippen LogP contribution < -0.4 is 5.32 Å². The molecule has 2 unspecified atom stereocenters. The third kappa shape index (κ3) is 3.54. The van der Waals surface area contributed by atoms with Gasteiger partial charge < -0.3 is 5.32 Å². The van der Waals surface area contributed by atoms with Gasteiger partial charge >= 0.3 is 0 Å². The summed E-state index contributed by atoms with van der Waals surface area (Å²) in [4.78, 5) is 2.40. The van der Waals surface area contributed by atoms with Crippen LogP contribution >= 0.6 is 0 Å². The molecule has 0 amide bonds. The quantitative estimate of drug-likeness (QED) is 0.902. The fourth-order valence-corrected chi connectivity index (χ4v) is 2.72. The molecule has 1 saturated heterocycles. The summed E-state index contributed by atoms with van der Waals surface area (Å²) in [7, 11) is 0. The summed E-state index contributed by atoms with van der Waals surface area (Å²) in [5, 5.41) is 3.63. The first-order valence-corrected chi connectivity index (χ1v) is 7.26. The molecule has 19 heavy (non-hydrogen) atoms. The molecule has 1 heterocycles. The Morgan fingerprint density at radius 2 is 2.16 bits per heavy atom. The van der Waals surface area contributed by atoms with Crippen molar-refractivity contribution in [2.24, 2.45) is 0 Å². The highest BCUT2D eigenvalue weighted by Gasteiger charge is 2.30. The Balaban J connectivity index is 2.14. The van der Waals surface area contributed by atoms with E-state index in [2.05, 4.69) is 31.0 Å². The lowest BCUT2D eigenvalue weighted by Crippen LogP contribution is -2.49. The summed E-state index contributed by atoms with van der Waals surface area (Å²) >= 11 is 0. The van der Waals surface area contributed by atoms with Gasteiger partial charge in [-0.3, -0.25) is 4.90 Å². The Labute approximate surface area is 116 Å². The van der Waals surface area contributed by atoms with Crippen LogP contribution in [0.3, 0.4) is 0 Å². The highest BCUT2D eigenvalue weighted by Crippen LogP contribution is 2.21. The van der Waals surface area contributed by atoms with Crippen molar-refractivity contribution in [3.8, 4) is 0 Å². The Morgan fingerprint density at radius 3 is 2.84 bits per heavy atom. The van der Waals surface area contributed by atoms with Gasteiger partial charge in [0.05, 0.1) is 0 Å². The van der Waals surface area contributed by atoms with Crippen LogP contribution in [-0.4, -0.2) is 29.6 Å². The summed E-state index contributed by atoms with van der Waals surface area (Å²) in [6, 6.07) is 7.60. The van der Waals surface area contributed by atoms with Gasteiger partial charge in [0.2, 0.25) is 0 Å². The average Bonchev–Trinajstić information content (AvgIpc) is 2.53. The molecule has 2 atom stereocenters. The van der Waals surface area contributed by atoms with Crippen LogP contribution in [-0.2, 0) is 6.54 Å². The monoisotopic (exact) mass is 264 g/mol. The second-order valence-corrected chi connectivity index (χ2v) is 5.98. The van der Waals surface area contributed by atoms with Crippen LogP contribution in [0.15, 0.2) is 24.3 Å². The zero-order chi connectivity index (χ0) is 13.9. The average molecular weight is 264 g/mol. The van der Waals surface area contributed by atoms with Crippen molar-refractivity contribution >= 4 is 0 Å². The van der Waals surface area contributed by atoms with Crippen molar-refractivity contribution in [2.75, 3.05) is 13.1 Å². The number of halogens is 1. The van der Waals surface area contributed by atoms with Gasteiger partial charge in [0.1, 0.15) is 5.82 Å². The number of hydrogen-bond donors (Lipinski definition) is 1. The molecule has 0 bridgehead atoms. The number of nitrogens with one attached hydrogen (secondary N) is 1. The number of benzene rings is 1. The largest absolute Gasteiger partial charge is 0.310 e. The van der Waals surface area contributed by atoms with E-state index in [9.17, 15) is 4.39 Å². The summed E-state index contributed by atoms with van der Waals surface area (Å²) in [6.07, 6.45) is 2.21. The maximum atomic E-state index is 13.8. The third-order valence-electron chi connectivity index (χ3n) is 4.40. The normalized spacial score (nSPS) is 29.2. The molecule has 1 aromatic carbocycles. The molecule has 106 valence electrons. The van der Waals surface area contributed by atoms with Crippen molar-refractivity contribution in [3.05, 3.63) is 35.6 Å². The summed E-state index contributed by atoms with van der Waals surface area (Å²) in [5.41, 5.74) is 0.936. The number of rotatable bonds is 3. The molecule has 0 saturated carbocycles. The molecule has 1 N–H and O–H groups in total. The fraction of sp³-hybridized carbons (Fsp3) is 0.625. The SMILES string of the molecule is CCC1(C)CN(Cc2ccccc2F)C(C)CCN1. The van der Waals surface area contributed by atoms with Crippen molar-refractivity contribution in [2.45, 2.75) is 51.7 Å². The van der Waals surface area contributed by atoms with Gasteiger partial charge in [-0.1, -0.05) is 25.1 Å². The maximum Gasteiger partial charge on any atom is 0.127 e. The van der Waals surface area contributed by atoms with Crippen molar-refractivity contribution in [1.29, 1.82) is 0 Å². The molecule has 1 fully saturated rings. The fourth-order valence-electron chi connectivity index (χ4n) is 2.72. The van der Waals surface area contributed by atoms with Crippen LogP contribution in [0.25, 0.3) is 0 Å². The van der Waals surface area contributed by atoms with Crippen molar-refractivity contribution in [1.82, 2.24) is 10.2 Å². The standard InChI is InChI=1S/C16H25FN2/c1-4-16(3)12-19(13(2)9-10-18-16)11-14-7-5-6-8-15(14)17/h5-8,13,18H,4,9-12H2,1-3H3. The summed E-state index contributed by atoms with van der Waals surface area (Å²) < 4.78 is 13.8. The molecule has 0 spiro atoms. The molecule has 2 rings (SSSR count). The Hall–Kier alpha value is -0.930. The van der Waals surface area contributed by atoms with Gasteiger partial charge in [0, 0.05) is 30.2 Å². The minimum Gasteiger partial charge on any atom is -0.310 e. The molecule has 1 aliphatic rings. The summed E-state index contributed by atoms with van der Waals surface area (Å²) in [6.45, 7) is 9.43. The van der Waals surface area contributed by atoms with Crippen LogP contribution in [0, 0.1) is 5.82 Å². The van der Waals surface area contributed by atoms with Gasteiger partial charge in [0.15, 0.2) is 0 Å². The van der Waals surface area contributed by atoms with Gasteiger partial charge in [-0.15, -0.1) is 0 Å². The molecular formula is C16H25FN2. The molecule has 0 aromatic heterocycles. The molecule has 3 heteroatoms. The lowest BCUT2D eigenvalue weighted by Gasteiger charge is -2.35. The summed E-state index contributed by atoms with van der Waals surface area (Å²) in [5.74, 6) is -0.0925. The lowest BCUT2D eigenvalue weighted by atomic mass is 9.98. The van der Waals surface area contributed by atoms with E-state index in [4.69, 9.17) is 0 Å². The van der Waals surface area contributed by atoms with E-state index in [1.165, 1.54) is 0 Å². The Morgan fingerprint density at radius 1 is 1.42 bits per heavy atom. The van der Waals surface area contributed by atoms with Crippen LogP contribution in [0.5, 0.6) is 0 Å². The van der Waals surface area contributed by atoms with Crippen LogP contribution in [0.4, 0.5) is 4.39 Å². The molecular weight excluding hydrogens is 239 g/mol. The Kier molecular flexibility index (Phi) is 4.58. The maximum absolute atomic E-state index is 13.8. The van der Waals surface area contributed by atoms with Gasteiger partial charge in [-0.2, -0.15) is 0 Å². The van der Waals surface area contributed by atoms with E-state index in [1.807, 2.05) is 12.1 Å². The van der Waals surface area contributed by atoms with Crippen molar-refractivity contribution in [3.63, 3.8) is 0 Å². The zero-order valence-corrected chi connectivity index (χ0v) is 12.2. The van der Waals surface area contributed by atoms with E-state index in [-0.39, 0.29) is 11.4 Å². The van der Waals surface area contributed by atoms with Crippen molar-refractivity contribution < 1.29 is 4.39 Å². The first-order valence-electron chi connectivity index (χ1n) is 7.26. The highest BCUT2D eigenvalue weighted by molar-refractivity contribution is 5.17. The minimum absolute atomic E-state index is 0.0925. The Bertz CT molecular complexity index is 421. The lowest BCUT2D eigenvalue weighted by molar-refractivity contribution is 0.162. The molecule has 2 nitrogen and oxygen atoms in total. The second-order valence-electron chi connectivity index (χ2n) is 5.98. The van der Waals surface area contributed by atoms with E-state index in [1.54, 1.807) is 12.1 Å². The molecule has 1 aromatic rings. The highest BCUT2D eigenvalue weighted by atomic mass is 19.1.